The zero-order chi connectivity index (χ0) is 17.1. The van der Waals surface area contributed by atoms with E-state index in [1.54, 1.807) is 24.3 Å². The lowest BCUT2D eigenvalue weighted by molar-refractivity contribution is 0.387. The molecule has 120 valence electrons. The molecule has 0 aromatic heterocycles. The first-order valence-electron chi connectivity index (χ1n) is 7.62. The van der Waals surface area contributed by atoms with Crippen LogP contribution in [0.15, 0.2) is 65.4 Å². The number of allylic oxidation sites excluding steroid dienone is 3. The lowest BCUT2D eigenvalue weighted by Crippen LogP contribution is -2.04. The van der Waals surface area contributed by atoms with Crippen molar-refractivity contribution in [2.24, 2.45) is 5.92 Å². The SMILES string of the molecule is Cc1cccc(-c2ccc(OC3=CCC(C#N)C=C3Cl)c(O)c2)c1. The normalized spacial score (nSPS) is 16.8. The maximum Gasteiger partial charge on any atom is 0.169 e. The average Bonchev–Trinajstić information content (AvgIpc) is 2.58. The highest BCUT2D eigenvalue weighted by Crippen LogP contribution is 2.35. The molecule has 0 amide bonds. The van der Waals surface area contributed by atoms with Gasteiger partial charge in [-0.1, -0.05) is 47.5 Å². The molecule has 1 N–H and O–H groups in total. The van der Waals surface area contributed by atoms with Crippen LogP contribution in [0.2, 0.25) is 0 Å². The molecule has 1 aliphatic rings. The van der Waals surface area contributed by atoms with Gasteiger partial charge in [0.15, 0.2) is 11.5 Å². The summed E-state index contributed by atoms with van der Waals surface area (Å²) in [4.78, 5) is 0. The summed E-state index contributed by atoms with van der Waals surface area (Å²) in [6, 6.07) is 15.5. The molecular formula is C20H16ClNO2. The summed E-state index contributed by atoms with van der Waals surface area (Å²) in [5.74, 6) is 0.602. The first kappa shape index (κ1) is 16.2. The first-order chi connectivity index (χ1) is 11.6. The second-order valence-corrected chi connectivity index (χ2v) is 6.12. The number of aromatic hydroxyl groups is 1. The van der Waals surface area contributed by atoms with Gasteiger partial charge in [-0.05, 0) is 48.8 Å². The van der Waals surface area contributed by atoms with E-state index in [0.29, 0.717) is 23.0 Å². The van der Waals surface area contributed by atoms with Crippen molar-refractivity contribution >= 4 is 11.6 Å². The fourth-order valence-electron chi connectivity index (χ4n) is 2.57. The Bertz CT molecular complexity index is 877. The molecule has 2 aromatic rings. The van der Waals surface area contributed by atoms with Crippen LogP contribution in [0.3, 0.4) is 0 Å². The van der Waals surface area contributed by atoms with Crippen molar-refractivity contribution in [2.45, 2.75) is 13.3 Å². The Morgan fingerprint density at radius 2 is 2.00 bits per heavy atom. The van der Waals surface area contributed by atoms with Gasteiger partial charge < -0.3 is 9.84 Å². The van der Waals surface area contributed by atoms with Crippen molar-refractivity contribution in [3.63, 3.8) is 0 Å². The largest absolute Gasteiger partial charge is 0.504 e. The minimum absolute atomic E-state index is 0.0433. The molecule has 0 radical (unpaired) electrons. The molecule has 0 heterocycles. The summed E-state index contributed by atoms with van der Waals surface area (Å²) in [6.45, 7) is 2.03. The van der Waals surface area contributed by atoms with E-state index in [1.807, 2.05) is 31.2 Å². The smallest absolute Gasteiger partial charge is 0.169 e. The number of phenolic OH excluding ortho intramolecular Hbond substituents is 1. The quantitative estimate of drug-likeness (QED) is 0.827. The zero-order valence-electron chi connectivity index (χ0n) is 13.2. The summed E-state index contributed by atoms with van der Waals surface area (Å²) in [5.41, 5.74) is 3.10. The molecule has 0 bridgehead atoms. The minimum atomic E-state index is -0.234. The second kappa shape index (κ2) is 6.82. The average molecular weight is 338 g/mol. The predicted octanol–water partition coefficient (Wildman–Crippen LogP) is 5.30. The van der Waals surface area contributed by atoms with E-state index in [1.165, 1.54) is 0 Å². The third-order valence-corrected chi connectivity index (χ3v) is 4.15. The number of halogens is 1. The number of nitriles is 1. The number of hydrogen-bond acceptors (Lipinski definition) is 3. The molecule has 4 heteroatoms. The first-order valence-corrected chi connectivity index (χ1v) is 8.00. The highest BCUT2D eigenvalue weighted by Gasteiger charge is 2.17. The Balaban J connectivity index is 1.83. The van der Waals surface area contributed by atoms with E-state index in [0.717, 1.165) is 16.7 Å². The number of nitrogens with zero attached hydrogens (tertiary/aromatic N) is 1. The van der Waals surface area contributed by atoms with Crippen LogP contribution in [-0.4, -0.2) is 5.11 Å². The van der Waals surface area contributed by atoms with Crippen LogP contribution in [0.4, 0.5) is 0 Å². The van der Waals surface area contributed by atoms with E-state index >= 15 is 0 Å². The van der Waals surface area contributed by atoms with Gasteiger partial charge in [-0.2, -0.15) is 5.26 Å². The molecule has 0 saturated carbocycles. The van der Waals surface area contributed by atoms with Crippen molar-refractivity contribution in [2.75, 3.05) is 0 Å². The summed E-state index contributed by atoms with van der Waals surface area (Å²) >= 11 is 6.14. The van der Waals surface area contributed by atoms with Gasteiger partial charge in [0.1, 0.15) is 5.76 Å². The lowest BCUT2D eigenvalue weighted by Gasteiger charge is -2.16. The molecule has 1 unspecified atom stereocenters. The zero-order valence-corrected chi connectivity index (χ0v) is 13.9. The van der Waals surface area contributed by atoms with Gasteiger partial charge in [0.2, 0.25) is 0 Å². The Kier molecular flexibility index (Phi) is 4.59. The number of rotatable bonds is 3. The molecule has 2 aromatic carbocycles. The van der Waals surface area contributed by atoms with Crippen LogP contribution in [0, 0.1) is 24.2 Å². The maximum absolute atomic E-state index is 10.3. The van der Waals surface area contributed by atoms with Gasteiger partial charge in [0, 0.05) is 0 Å². The van der Waals surface area contributed by atoms with Crippen LogP contribution in [-0.2, 0) is 0 Å². The fraction of sp³-hybridized carbons (Fsp3) is 0.150. The highest BCUT2D eigenvalue weighted by molar-refractivity contribution is 6.31. The molecule has 1 atom stereocenters. The molecule has 3 rings (SSSR count). The summed E-state index contributed by atoms with van der Waals surface area (Å²) in [6.07, 6.45) is 3.98. The third-order valence-electron chi connectivity index (χ3n) is 3.84. The van der Waals surface area contributed by atoms with Crippen LogP contribution in [0.1, 0.15) is 12.0 Å². The molecule has 0 fully saturated rings. The Morgan fingerprint density at radius 1 is 1.21 bits per heavy atom. The molecule has 3 nitrogen and oxygen atoms in total. The number of hydrogen-bond donors (Lipinski definition) is 1. The summed E-state index contributed by atoms with van der Waals surface area (Å²) < 4.78 is 5.71. The Morgan fingerprint density at radius 3 is 2.67 bits per heavy atom. The van der Waals surface area contributed by atoms with Gasteiger partial charge >= 0.3 is 0 Å². The fourth-order valence-corrected chi connectivity index (χ4v) is 2.83. The van der Waals surface area contributed by atoms with E-state index in [4.69, 9.17) is 21.6 Å². The summed E-state index contributed by atoms with van der Waals surface area (Å²) in [7, 11) is 0. The van der Waals surface area contributed by atoms with Crippen molar-refractivity contribution in [1.29, 1.82) is 5.26 Å². The molecule has 1 aliphatic carbocycles. The Hall–Kier alpha value is -2.70. The third kappa shape index (κ3) is 3.45. The van der Waals surface area contributed by atoms with Crippen molar-refractivity contribution < 1.29 is 9.84 Å². The maximum atomic E-state index is 10.3. The van der Waals surface area contributed by atoms with E-state index in [2.05, 4.69) is 12.1 Å². The topological polar surface area (TPSA) is 53.2 Å². The van der Waals surface area contributed by atoms with E-state index < -0.39 is 0 Å². The van der Waals surface area contributed by atoms with Crippen molar-refractivity contribution in [1.82, 2.24) is 0 Å². The lowest BCUT2D eigenvalue weighted by atomic mass is 10.0. The van der Waals surface area contributed by atoms with Gasteiger partial charge in [0.05, 0.1) is 17.0 Å². The van der Waals surface area contributed by atoms with Gasteiger partial charge in [-0.3, -0.25) is 0 Å². The number of benzene rings is 2. The predicted molar refractivity (Wildman–Crippen MR) is 94.6 cm³/mol. The Labute approximate surface area is 146 Å². The number of aryl methyl sites for hydroxylation is 1. The highest BCUT2D eigenvalue weighted by atomic mass is 35.5. The number of phenols is 1. The van der Waals surface area contributed by atoms with Crippen LogP contribution < -0.4 is 4.74 Å². The monoisotopic (exact) mass is 337 g/mol. The molecule has 24 heavy (non-hydrogen) atoms. The van der Waals surface area contributed by atoms with Crippen molar-refractivity contribution in [3.05, 3.63) is 71.0 Å². The number of ether oxygens (including phenoxy) is 1. The van der Waals surface area contributed by atoms with E-state index in [-0.39, 0.29) is 11.7 Å². The van der Waals surface area contributed by atoms with Gasteiger partial charge in [-0.15, -0.1) is 0 Å². The summed E-state index contributed by atoms with van der Waals surface area (Å²) in [5, 5.41) is 19.6. The second-order valence-electron chi connectivity index (χ2n) is 5.71. The molecular weight excluding hydrogens is 322 g/mol. The molecule has 0 saturated heterocycles. The van der Waals surface area contributed by atoms with Crippen molar-refractivity contribution in [3.8, 4) is 28.7 Å². The molecule has 0 aliphatic heterocycles. The van der Waals surface area contributed by atoms with Crippen LogP contribution in [0.25, 0.3) is 11.1 Å². The molecule has 0 spiro atoms. The van der Waals surface area contributed by atoms with Crippen LogP contribution in [0.5, 0.6) is 11.5 Å². The van der Waals surface area contributed by atoms with E-state index in [9.17, 15) is 5.11 Å². The standard InChI is InChI=1S/C20H16ClNO2/c1-13-3-2-4-15(9-13)16-6-8-20(18(23)11-16)24-19-7-5-14(12-22)10-17(19)21/h2-4,6-11,14,23H,5H2,1H3. The van der Waals surface area contributed by atoms with Crippen LogP contribution >= 0.6 is 11.6 Å². The van der Waals surface area contributed by atoms with Gasteiger partial charge in [-0.25, -0.2) is 0 Å². The minimum Gasteiger partial charge on any atom is -0.504 e. The van der Waals surface area contributed by atoms with Gasteiger partial charge in [0.25, 0.3) is 0 Å².